The summed E-state index contributed by atoms with van der Waals surface area (Å²) in [6.45, 7) is 0.597. The fraction of sp³-hybridized carbons (Fsp3) is 0.385. The van der Waals surface area contributed by atoms with Crippen LogP contribution in [0.1, 0.15) is 29.6 Å². The maximum absolute atomic E-state index is 12.4. The van der Waals surface area contributed by atoms with Gasteiger partial charge in [0.1, 0.15) is 6.04 Å². The molecule has 0 radical (unpaired) electrons. The van der Waals surface area contributed by atoms with Gasteiger partial charge in [-0.25, -0.2) is 0 Å². The number of piperidine rings is 1. The highest BCUT2D eigenvalue weighted by atomic mass is 35.5. The molecule has 1 atom stereocenters. The molecule has 0 aromatic heterocycles. The molecule has 0 saturated carbocycles. The normalized spacial score (nSPS) is 19.4. The van der Waals surface area contributed by atoms with Gasteiger partial charge in [0.2, 0.25) is 0 Å². The molecule has 0 aliphatic carbocycles. The third kappa shape index (κ3) is 2.60. The van der Waals surface area contributed by atoms with Crippen molar-refractivity contribution in [1.82, 2.24) is 4.90 Å². The Hall–Kier alpha value is -1.24. The lowest BCUT2D eigenvalue weighted by atomic mass is 10.0. The predicted molar refractivity (Wildman–Crippen MR) is 70.8 cm³/mol. The number of carbonyl (C=O) groups excluding carboxylic acids is 1. The number of likely N-dealkylation sites (tertiary alicyclic amines) is 1. The van der Waals surface area contributed by atoms with Crippen LogP contribution in [0.4, 0.5) is 0 Å². The Balaban J connectivity index is 2.30. The molecule has 1 aromatic carbocycles. The number of rotatable bonds is 1. The molecule has 94 valence electrons. The minimum absolute atomic E-state index is 0.214. The van der Waals surface area contributed by atoms with Gasteiger partial charge in [0.15, 0.2) is 0 Å². The van der Waals surface area contributed by atoms with Crippen molar-refractivity contribution in [1.29, 1.82) is 5.26 Å². The first-order valence-corrected chi connectivity index (χ1v) is 6.54. The van der Waals surface area contributed by atoms with Crippen LogP contribution in [0.15, 0.2) is 18.2 Å². The Morgan fingerprint density at radius 3 is 2.89 bits per heavy atom. The Morgan fingerprint density at radius 1 is 1.39 bits per heavy atom. The smallest absolute Gasteiger partial charge is 0.256 e. The van der Waals surface area contributed by atoms with E-state index in [1.165, 1.54) is 0 Å². The Labute approximate surface area is 116 Å². The number of hydrogen-bond acceptors (Lipinski definition) is 2. The summed E-state index contributed by atoms with van der Waals surface area (Å²) in [7, 11) is 0. The number of nitriles is 1. The predicted octanol–water partition coefficient (Wildman–Crippen LogP) is 3.51. The molecule has 1 saturated heterocycles. The maximum atomic E-state index is 12.4. The Kier molecular flexibility index (Phi) is 4.11. The van der Waals surface area contributed by atoms with Gasteiger partial charge >= 0.3 is 0 Å². The molecule has 1 aliphatic rings. The van der Waals surface area contributed by atoms with Crippen LogP contribution in [0.2, 0.25) is 10.0 Å². The Bertz CT molecular complexity index is 510. The Morgan fingerprint density at radius 2 is 2.17 bits per heavy atom. The molecule has 1 aromatic rings. The van der Waals surface area contributed by atoms with Gasteiger partial charge in [-0.2, -0.15) is 5.26 Å². The van der Waals surface area contributed by atoms with Crippen molar-refractivity contribution in [2.45, 2.75) is 25.3 Å². The van der Waals surface area contributed by atoms with Crippen molar-refractivity contribution in [2.75, 3.05) is 6.54 Å². The lowest BCUT2D eigenvalue weighted by molar-refractivity contribution is 0.0671. The van der Waals surface area contributed by atoms with Gasteiger partial charge in [-0.3, -0.25) is 4.79 Å². The molecular weight excluding hydrogens is 271 g/mol. The summed E-state index contributed by atoms with van der Waals surface area (Å²) in [6, 6.07) is 6.60. The summed E-state index contributed by atoms with van der Waals surface area (Å²) in [5.74, 6) is -0.214. The highest BCUT2D eigenvalue weighted by Gasteiger charge is 2.28. The van der Waals surface area contributed by atoms with Crippen LogP contribution in [0.5, 0.6) is 0 Å². The van der Waals surface area contributed by atoms with E-state index in [2.05, 4.69) is 6.07 Å². The molecule has 1 amide bonds. The molecule has 1 fully saturated rings. The monoisotopic (exact) mass is 282 g/mol. The maximum Gasteiger partial charge on any atom is 0.256 e. The quantitative estimate of drug-likeness (QED) is 0.791. The second-order valence-corrected chi connectivity index (χ2v) is 5.11. The summed E-state index contributed by atoms with van der Waals surface area (Å²) in [5.41, 5.74) is 0.367. The van der Waals surface area contributed by atoms with Crippen LogP contribution in [0.3, 0.4) is 0 Å². The molecule has 18 heavy (non-hydrogen) atoms. The van der Waals surface area contributed by atoms with Crippen molar-refractivity contribution in [3.8, 4) is 6.07 Å². The van der Waals surface area contributed by atoms with E-state index in [0.29, 0.717) is 22.2 Å². The van der Waals surface area contributed by atoms with E-state index in [9.17, 15) is 4.79 Å². The van der Waals surface area contributed by atoms with Crippen LogP contribution < -0.4 is 0 Å². The molecule has 0 spiro atoms. The molecule has 1 unspecified atom stereocenters. The first-order valence-electron chi connectivity index (χ1n) is 5.79. The second kappa shape index (κ2) is 5.60. The van der Waals surface area contributed by atoms with Gasteiger partial charge in [-0.05, 0) is 37.5 Å². The fourth-order valence-electron chi connectivity index (χ4n) is 2.12. The lowest BCUT2D eigenvalue weighted by Crippen LogP contribution is -2.43. The molecule has 5 heteroatoms. The number of carbonyl (C=O) groups is 1. The van der Waals surface area contributed by atoms with Crippen LogP contribution in [0, 0.1) is 11.3 Å². The lowest BCUT2D eigenvalue weighted by Gasteiger charge is -2.31. The van der Waals surface area contributed by atoms with Gasteiger partial charge in [0.25, 0.3) is 5.91 Å². The first-order chi connectivity index (χ1) is 8.63. The summed E-state index contributed by atoms with van der Waals surface area (Å²) in [6.07, 6.45) is 2.62. The molecule has 0 N–H and O–H groups in total. The van der Waals surface area contributed by atoms with E-state index in [4.69, 9.17) is 28.5 Å². The van der Waals surface area contributed by atoms with Gasteiger partial charge in [-0.1, -0.05) is 23.2 Å². The van der Waals surface area contributed by atoms with Crippen molar-refractivity contribution < 1.29 is 4.79 Å². The van der Waals surface area contributed by atoms with Crippen LogP contribution in [0.25, 0.3) is 0 Å². The molecule has 3 nitrogen and oxygen atoms in total. The molecule has 1 aliphatic heterocycles. The highest BCUT2D eigenvalue weighted by Crippen LogP contribution is 2.25. The van der Waals surface area contributed by atoms with E-state index < -0.39 is 0 Å². The summed E-state index contributed by atoms with van der Waals surface area (Å²) >= 11 is 11.9. The van der Waals surface area contributed by atoms with Gasteiger partial charge in [-0.15, -0.1) is 0 Å². The average molecular weight is 283 g/mol. The van der Waals surface area contributed by atoms with E-state index in [1.807, 2.05) is 0 Å². The summed E-state index contributed by atoms with van der Waals surface area (Å²) in [4.78, 5) is 14.0. The van der Waals surface area contributed by atoms with E-state index in [0.717, 1.165) is 19.3 Å². The van der Waals surface area contributed by atoms with E-state index >= 15 is 0 Å². The van der Waals surface area contributed by atoms with Gasteiger partial charge in [0.05, 0.1) is 16.7 Å². The average Bonchev–Trinajstić information content (AvgIpc) is 2.40. The fourth-order valence-corrected chi connectivity index (χ4v) is 2.50. The van der Waals surface area contributed by atoms with Crippen molar-refractivity contribution in [3.63, 3.8) is 0 Å². The van der Waals surface area contributed by atoms with Crippen LogP contribution >= 0.6 is 23.2 Å². The van der Waals surface area contributed by atoms with Crippen LogP contribution in [-0.2, 0) is 0 Å². The molecule has 0 bridgehead atoms. The second-order valence-electron chi connectivity index (χ2n) is 4.26. The zero-order valence-corrected chi connectivity index (χ0v) is 11.2. The van der Waals surface area contributed by atoms with Gasteiger partial charge < -0.3 is 4.90 Å². The van der Waals surface area contributed by atoms with E-state index in [1.54, 1.807) is 23.1 Å². The van der Waals surface area contributed by atoms with E-state index in [-0.39, 0.29) is 11.9 Å². The first kappa shape index (κ1) is 13.2. The SMILES string of the molecule is N#CC1CCCCN1C(=O)c1cc(Cl)ccc1Cl. The summed E-state index contributed by atoms with van der Waals surface area (Å²) < 4.78 is 0. The van der Waals surface area contributed by atoms with Crippen molar-refractivity contribution >= 4 is 29.1 Å². The third-order valence-electron chi connectivity index (χ3n) is 3.07. The highest BCUT2D eigenvalue weighted by molar-refractivity contribution is 6.35. The zero-order chi connectivity index (χ0) is 13.1. The number of amides is 1. The largest absolute Gasteiger partial charge is 0.323 e. The zero-order valence-electron chi connectivity index (χ0n) is 9.70. The molecular formula is C13H12Cl2N2O. The topological polar surface area (TPSA) is 44.1 Å². The number of nitrogens with zero attached hydrogens (tertiary/aromatic N) is 2. The molecule has 1 heterocycles. The van der Waals surface area contributed by atoms with Crippen LogP contribution in [-0.4, -0.2) is 23.4 Å². The number of halogens is 2. The standard InChI is InChI=1S/C13H12Cl2N2O/c14-9-4-5-12(15)11(7-9)13(18)17-6-2-1-3-10(17)8-16/h4-5,7,10H,1-3,6H2. The van der Waals surface area contributed by atoms with Gasteiger partial charge in [0, 0.05) is 11.6 Å². The van der Waals surface area contributed by atoms with Crippen molar-refractivity contribution in [2.24, 2.45) is 0 Å². The summed E-state index contributed by atoms with van der Waals surface area (Å²) in [5, 5.41) is 9.91. The minimum Gasteiger partial charge on any atom is -0.323 e. The number of benzene rings is 1. The minimum atomic E-state index is -0.360. The molecule has 2 rings (SSSR count). The van der Waals surface area contributed by atoms with Crippen molar-refractivity contribution in [3.05, 3.63) is 33.8 Å². The third-order valence-corrected chi connectivity index (χ3v) is 3.64. The number of hydrogen-bond donors (Lipinski definition) is 0.